The van der Waals surface area contributed by atoms with Crippen molar-refractivity contribution in [2.24, 2.45) is 0 Å². The van der Waals surface area contributed by atoms with E-state index in [1.165, 1.54) is 18.5 Å². The third kappa shape index (κ3) is 1.90. The molecule has 0 unspecified atom stereocenters. The summed E-state index contributed by atoms with van der Waals surface area (Å²) >= 11 is 0. The summed E-state index contributed by atoms with van der Waals surface area (Å²) in [5, 5.41) is 4.63. The zero-order valence-electron chi connectivity index (χ0n) is 9.89. The third-order valence-electron chi connectivity index (χ3n) is 3.16. The third-order valence-corrected chi connectivity index (χ3v) is 3.16. The minimum Gasteiger partial charge on any atom is -0.481 e. The van der Waals surface area contributed by atoms with E-state index in [9.17, 15) is 0 Å². The van der Waals surface area contributed by atoms with Crippen molar-refractivity contribution in [3.05, 3.63) is 30.1 Å². The van der Waals surface area contributed by atoms with Gasteiger partial charge in [0.15, 0.2) is 0 Å². The molecular formula is C13H15N3O. The standard InChI is InChI=1S/C13H15N3O/c1-17-13-8-10(5-6-14-13)12-9-11-4-2-3-7-16(11)15-12/h5-6,8-9H,2-4,7H2,1H3. The molecule has 0 saturated heterocycles. The molecule has 4 nitrogen and oxygen atoms in total. The molecule has 88 valence electrons. The molecule has 0 N–H and O–H groups in total. The van der Waals surface area contributed by atoms with Crippen LogP contribution in [-0.2, 0) is 13.0 Å². The number of pyridine rings is 1. The van der Waals surface area contributed by atoms with Crippen LogP contribution in [0.1, 0.15) is 18.5 Å². The number of hydrogen-bond donors (Lipinski definition) is 0. The van der Waals surface area contributed by atoms with E-state index in [1.807, 2.05) is 12.1 Å². The fraction of sp³-hybridized carbons (Fsp3) is 0.385. The van der Waals surface area contributed by atoms with Gasteiger partial charge in [-0.2, -0.15) is 5.10 Å². The van der Waals surface area contributed by atoms with Gasteiger partial charge in [-0.25, -0.2) is 4.98 Å². The molecule has 3 heterocycles. The summed E-state index contributed by atoms with van der Waals surface area (Å²) in [7, 11) is 1.63. The minimum absolute atomic E-state index is 0.633. The summed E-state index contributed by atoms with van der Waals surface area (Å²) in [5.41, 5.74) is 3.42. The highest BCUT2D eigenvalue weighted by Crippen LogP contribution is 2.24. The highest BCUT2D eigenvalue weighted by Gasteiger charge is 2.13. The van der Waals surface area contributed by atoms with Crippen molar-refractivity contribution >= 4 is 0 Å². The molecular weight excluding hydrogens is 214 g/mol. The quantitative estimate of drug-likeness (QED) is 0.793. The van der Waals surface area contributed by atoms with E-state index in [1.54, 1.807) is 13.3 Å². The Morgan fingerprint density at radius 3 is 3.06 bits per heavy atom. The molecule has 0 amide bonds. The van der Waals surface area contributed by atoms with Gasteiger partial charge in [0.1, 0.15) is 0 Å². The maximum atomic E-state index is 5.13. The Morgan fingerprint density at radius 1 is 1.29 bits per heavy atom. The first-order valence-corrected chi connectivity index (χ1v) is 5.94. The molecule has 0 atom stereocenters. The first-order valence-electron chi connectivity index (χ1n) is 5.94. The summed E-state index contributed by atoms with van der Waals surface area (Å²) in [6.45, 7) is 1.04. The summed E-state index contributed by atoms with van der Waals surface area (Å²) in [4.78, 5) is 4.11. The van der Waals surface area contributed by atoms with Crippen molar-refractivity contribution in [2.45, 2.75) is 25.8 Å². The summed E-state index contributed by atoms with van der Waals surface area (Å²) < 4.78 is 7.25. The Kier molecular flexibility index (Phi) is 2.55. The Labute approximate surface area is 100 Å². The van der Waals surface area contributed by atoms with Crippen molar-refractivity contribution in [1.82, 2.24) is 14.8 Å². The van der Waals surface area contributed by atoms with Gasteiger partial charge in [0, 0.05) is 30.1 Å². The van der Waals surface area contributed by atoms with Gasteiger partial charge < -0.3 is 4.74 Å². The van der Waals surface area contributed by atoms with Crippen molar-refractivity contribution < 1.29 is 4.74 Å². The van der Waals surface area contributed by atoms with Gasteiger partial charge in [-0.3, -0.25) is 4.68 Å². The Hall–Kier alpha value is -1.84. The van der Waals surface area contributed by atoms with Crippen LogP contribution in [0.4, 0.5) is 0 Å². The number of aromatic nitrogens is 3. The molecule has 0 radical (unpaired) electrons. The van der Waals surface area contributed by atoms with Crippen LogP contribution >= 0.6 is 0 Å². The first-order chi connectivity index (χ1) is 8.36. The molecule has 0 fully saturated rings. The van der Waals surface area contributed by atoms with E-state index in [0.29, 0.717) is 5.88 Å². The average molecular weight is 229 g/mol. The highest BCUT2D eigenvalue weighted by atomic mass is 16.5. The van der Waals surface area contributed by atoms with E-state index in [2.05, 4.69) is 20.8 Å². The van der Waals surface area contributed by atoms with E-state index in [4.69, 9.17) is 4.74 Å². The van der Waals surface area contributed by atoms with Crippen molar-refractivity contribution in [1.29, 1.82) is 0 Å². The van der Waals surface area contributed by atoms with Crippen molar-refractivity contribution in [3.8, 4) is 17.1 Å². The lowest BCUT2D eigenvalue weighted by molar-refractivity contribution is 0.398. The average Bonchev–Trinajstić information content (AvgIpc) is 2.82. The molecule has 2 aromatic heterocycles. The van der Waals surface area contributed by atoms with Crippen LogP contribution in [0.3, 0.4) is 0 Å². The number of methoxy groups -OCH3 is 1. The molecule has 0 saturated carbocycles. The minimum atomic E-state index is 0.633. The molecule has 17 heavy (non-hydrogen) atoms. The maximum absolute atomic E-state index is 5.13. The number of nitrogens with zero attached hydrogens (tertiary/aromatic N) is 3. The number of ether oxygens (including phenoxy) is 1. The van der Waals surface area contributed by atoms with E-state index < -0.39 is 0 Å². The molecule has 3 rings (SSSR count). The van der Waals surface area contributed by atoms with Crippen LogP contribution in [0.15, 0.2) is 24.4 Å². The smallest absolute Gasteiger partial charge is 0.213 e. The fourth-order valence-electron chi connectivity index (χ4n) is 2.24. The molecule has 4 heteroatoms. The van der Waals surface area contributed by atoms with Crippen molar-refractivity contribution in [3.63, 3.8) is 0 Å². The molecule has 0 spiro atoms. The lowest BCUT2D eigenvalue weighted by Gasteiger charge is -2.11. The Balaban J connectivity index is 2.00. The predicted octanol–water partition coefficient (Wildman–Crippen LogP) is 2.29. The largest absolute Gasteiger partial charge is 0.481 e. The molecule has 0 aliphatic carbocycles. The predicted molar refractivity (Wildman–Crippen MR) is 64.9 cm³/mol. The van der Waals surface area contributed by atoms with Crippen LogP contribution in [0.25, 0.3) is 11.3 Å². The van der Waals surface area contributed by atoms with Gasteiger partial charge in [0.05, 0.1) is 12.8 Å². The molecule has 1 aliphatic heterocycles. The van der Waals surface area contributed by atoms with Crippen LogP contribution in [-0.4, -0.2) is 21.9 Å². The fourth-order valence-corrected chi connectivity index (χ4v) is 2.24. The highest BCUT2D eigenvalue weighted by molar-refractivity contribution is 5.60. The Morgan fingerprint density at radius 2 is 2.24 bits per heavy atom. The van der Waals surface area contributed by atoms with Crippen LogP contribution < -0.4 is 4.74 Å². The summed E-state index contributed by atoms with van der Waals surface area (Å²) in [6.07, 6.45) is 5.39. The summed E-state index contributed by atoms with van der Waals surface area (Å²) in [6, 6.07) is 6.07. The van der Waals surface area contributed by atoms with Crippen LogP contribution in [0.5, 0.6) is 5.88 Å². The first kappa shape index (κ1) is 10.3. The normalized spacial score (nSPS) is 14.4. The zero-order chi connectivity index (χ0) is 11.7. The van der Waals surface area contributed by atoms with Gasteiger partial charge >= 0.3 is 0 Å². The molecule has 0 aromatic carbocycles. The maximum Gasteiger partial charge on any atom is 0.213 e. The van der Waals surface area contributed by atoms with Gasteiger partial charge in [-0.05, 0) is 31.4 Å². The summed E-state index contributed by atoms with van der Waals surface area (Å²) in [5.74, 6) is 0.633. The second-order valence-electron chi connectivity index (χ2n) is 4.29. The number of hydrogen-bond acceptors (Lipinski definition) is 3. The number of fused-ring (bicyclic) bond motifs is 1. The second kappa shape index (κ2) is 4.20. The number of aryl methyl sites for hydroxylation is 2. The van der Waals surface area contributed by atoms with E-state index in [-0.39, 0.29) is 0 Å². The van der Waals surface area contributed by atoms with Gasteiger partial charge in [-0.15, -0.1) is 0 Å². The van der Waals surface area contributed by atoms with E-state index in [0.717, 1.165) is 24.2 Å². The lowest BCUT2D eigenvalue weighted by Crippen LogP contribution is -2.10. The molecule has 2 aromatic rings. The van der Waals surface area contributed by atoms with E-state index >= 15 is 0 Å². The zero-order valence-corrected chi connectivity index (χ0v) is 9.89. The topological polar surface area (TPSA) is 39.9 Å². The van der Waals surface area contributed by atoms with Gasteiger partial charge in [0.25, 0.3) is 0 Å². The number of rotatable bonds is 2. The monoisotopic (exact) mass is 229 g/mol. The van der Waals surface area contributed by atoms with Gasteiger partial charge in [0.2, 0.25) is 5.88 Å². The van der Waals surface area contributed by atoms with Crippen molar-refractivity contribution in [2.75, 3.05) is 7.11 Å². The van der Waals surface area contributed by atoms with Crippen LogP contribution in [0, 0.1) is 0 Å². The molecule has 0 bridgehead atoms. The SMILES string of the molecule is COc1cc(-c2cc3n(n2)CCCC3)ccn1. The second-order valence-corrected chi connectivity index (χ2v) is 4.29. The van der Waals surface area contributed by atoms with Gasteiger partial charge in [-0.1, -0.05) is 0 Å². The lowest BCUT2D eigenvalue weighted by atomic mass is 10.1. The van der Waals surface area contributed by atoms with Crippen LogP contribution in [0.2, 0.25) is 0 Å². The Bertz CT molecular complexity index is 510. The molecule has 1 aliphatic rings.